The number of rotatable bonds is 1. The first-order valence-corrected chi connectivity index (χ1v) is 8.15. The van der Waals surface area contributed by atoms with Crippen LogP contribution in [0.4, 0.5) is 0 Å². The molecule has 0 N–H and O–H groups in total. The molecule has 0 aromatic heterocycles. The minimum absolute atomic E-state index is 0.122. The van der Waals surface area contributed by atoms with Crippen LogP contribution in [0.25, 0.3) is 5.57 Å². The van der Waals surface area contributed by atoms with E-state index in [2.05, 4.69) is 81.4 Å². The molecule has 2 aliphatic rings. The molecule has 0 saturated heterocycles. The molecule has 1 atom stereocenters. The fraction of sp³-hybridized carbons (Fsp3) is 0.273. The van der Waals surface area contributed by atoms with Crippen molar-refractivity contribution in [1.82, 2.24) is 0 Å². The third-order valence-corrected chi connectivity index (χ3v) is 5.11. The van der Waals surface area contributed by atoms with Gasteiger partial charge >= 0.3 is 0 Å². The van der Waals surface area contributed by atoms with Crippen molar-refractivity contribution in [3.63, 3.8) is 0 Å². The fourth-order valence-electron chi connectivity index (χ4n) is 4.48. The van der Waals surface area contributed by atoms with Crippen molar-refractivity contribution in [3.8, 4) is 0 Å². The van der Waals surface area contributed by atoms with E-state index in [0.29, 0.717) is 5.92 Å². The first-order valence-electron chi connectivity index (χ1n) is 8.15. The van der Waals surface area contributed by atoms with Gasteiger partial charge in [-0.1, -0.05) is 80.1 Å². The van der Waals surface area contributed by atoms with Crippen LogP contribution in [0, 0.1) is 5.41 Å². The summed E-state index contributed by atoms with van der Waals surface area (Å²) in [5, 5.41) is 0. The Morgan fingerprint density at radius 1 is 0.909 bits per heavy atom. The summed E-state index contributed by atoms with van der Waals surface area (Å²) >= 11 is 0. The van der Waals surface area contributed by atoms with Gasteiger partial charge in [0, 0.05) is 11.3 Å². The number of benzene rings is 2. The van der Waals surface area contributed by atoms with Gasteiger partial charge in [-0.3, -0.25) is 0 Å². The molecule has 2 aromatic carbocycles. The van der Waals surface area contributed by atoms with Crippen LogP contribution >= 0.6 is 0 Å². The number of hydrogen-bond donors (Lipinski definition) is 0. The normalized spacial score (nSPS) is 22.1. The lowest BCUT2D eigenvalue weighted by atomic mass is 9.69. The zero-order valence-corrected chi connectivity index (χ0v) is 13.6. The zero-order chi connectivity index (χ0) is 15.3. The highest BCUT2D eigenvalue weighted by Crippen LogP contribution is 2.56. The lowest BCUT2D eigenvalue weighted by Gasteiger charge is -2.35. The molecule has 0 amide bonds. The molecule has 0 radical (unpaired) electrons. The van der Waals surface area contributed by atoms with E-state index in [9.17, 15) is 0 Å². The van der Waals surface area contributed by atoms with Crippen LogP contribution in [0.15, 0.2) is 71.8 Å². The summed E-state index contributed by atoms with van der Waals surface area (Å²) in [6, 6.07) is 19.9. The Kier molecular flexibility index (Phi) is 2.91. The summed E-state index contributed by atoms with van der Waals surface area (Å²) < 4.78 is 0. The molecule has 22 heavy (non-hydrogen) atoms. The summed E-state index contributed by atoms with van der Waals surface area (Å²) in [5.74, 6) is 0.548. The van der Waals surface area contributed by atoms with E-state index in [1.54, 1.807) is 5.57 Å². The van der Waals surface area contributed by atoms with E-state index in [4.69, 9.17) is 0 Å². The molecule has 1 unspecified atom stereocenters. The van der Waals surface area contributed by atoms with Gasteiger partial charge in [0.2, 0.25) is 0 Å². The highest BCUT2D eigenvalue weighted by molar-refractivity contribution is 5.90. The second-order valence-corrected chi connectivity index (χ2v) is 7.21. The molecule has 0 aliphatic heterocycles. The Morgan fingerprint density at radius 2 is 1.59 bits per heavy atom. The molecule has 0 heteroatoms. The number of allylic oxidation sites excluding steroid dienone is 3. The van der Waals surface area contributed by atoms with Gasteiger partial charge < -0.3 is 0 Å². The zero-order valence-electron chi connectivity index (χ0n) is 13.6. The first kappa shape index (κ1) is 13.6. The molecular formula is C22H22. The van der Waals surface area contributed by atoms with Crippen LogP contribution in [0.3, 0.4) is 0 Å². The van der Waals surface area contributed by atoms with E-state index in [-0.39, 0.29) is 5.41 Å². The quantitative estimate of drug-likeness (QED) is 0.567. The Balaban J connectivity index is 2.05. The van der Waals surface area contributed by atoms with Gasteiger partial charge in [-0.25, -0.2) is 0 Å². The van der Waals surface area contributed by atoms with Crippen molar-refractivity contribution in [1.29, 1.82) is 0 Å². The van der Waals surface area contributed by atoms with Crippen LogP contribution < -0.4 is 0 Å². The third-order valence-electron chi connectivity index (χ3n) is 5.11. The standard InChI is InChI=1S/C22H22/c1-15-13-19-17-11-7-8-12-18(17)20(16-9-5-4-6-10-16)21(19)22(2,3)14-15/h4-12,14,19H,13H2,1-3H3. The smallest absolute Gasteiger partial charge is 0.0109 e. The molecule has 2 aromatic rings. The molecular weight excluding hydrogens is 264 g/mol. The van der Waals surface area contributed by atoms with Gasteiger partial charge in [0.25, 0.3) is 0 Å². The Hall–Kier alpha value is -2.08. The molecule has 0 heterocycles. The second kappa shape index (κ2) is 4.71. The summed E-state index contributed by atoms with van der Waals surface area (Å²) in [6.07, 6.45) is 3.62. The van der Waals surface area contributed by atoms with Crippen molar-refractivity contribution in [2.24, 2.45) is 5.41 Å². The van der Waals surface area contributed by atoms with E-state index in [1.165, 1.54) is 27.8 Å². The van der Waals surface area contributed by atoms with E-state index >= 15 is 0 Å². The van der Waals surface area contributed by atoms with Gasteiger partial charge in [0.15, 0.2) is 0 Å². The SMILES string of the molecule is CC1=CC(C)(C)C2=C(c3ccccc3)c3ccccc3C2C1. The van der Waals surface area contributed by atoms with Crippen LogP contribution in [0.5, 0.6) is 0 Å². The third kappa shape index (κ3) is 1.90. The maximum absolute atomic E-state index is 2.47. The average Bonchev–Trinajstić information content (AvgIpc) is 2.83. The lowest BCUT2D eigenvalue weighted by Crippen LogP contribution is -2.21. The predicted molar refractivity (Wildman–Crippen MR) is 93.8 cm³/mol. The van der Waals surface area contributed by atoms with Crippen molar-refractivity contribution < 1.29 is 0 Å². The molecule has 0 saturated carbocycles. The highest BCUT2D eigenvalue weighted by Gasteiger charge is 2.41. The monoisotopic (exact) mass is 286 g/mol. The van der Waals surface area contributed by atoms with Crippen molar-refractivity contribution in [2.75, 3.05) is 0 Å². The fourth-order valence-corrected chi connectivity index (χ4v) is 4.48. The highest BCUT2D eigenvalue weighted by atomic mass is 14.4. The molecule has 0 fully saturated rings. The molecule has 0 bridgehead atoms. The summed E-state index contributed by atoms with van der Waals surface area (Å²) in [7, 11) is 0. The molecule has 110 valence electrons. The largest absolute Gasteiger partial charge is 0.0758 e. The first-order chi connectivity index (χ1) is 10.6. The van der Waals surface area contributed by atoms with Crippen molar-refractivity contribution in [2.45, 2.75) is 33.1 Å². The maximum atomic E-state index is 2.47. The van der Waals surface area contributed by atoms with Gasteiger partial charge in [-0.05, 0) is 41.2 Å². The van der Waals surface area contributed by atoms with Crippen LogP contribution in [-0.4, -0.2) is 0 Å². The predicted octanol–water partition coefficient (Wildman–Crippen LogP) is 5.96. The molecule has 2 aliphatic carbocycles. The van der Waals surface area contributed by atoms with Gasteiger partial charge in [-0.15, -0.1) is 0 Å². The summed E-state index contributed by atoms with van der Waals surface area (Å²) in [6.45, 7) is 7.02. The molecule has 4 rings (SSSR count). The Morgan fingerprint density at radius 3 is 2.36 bits per heavy atom. The van der Waals surface area contributed by atoms with Crippen molar-refractivity contribution >= 4 is 5.57 Å². The van der Waals surface area contributed by atoms with E-state index in [0.717, 1.165) is 6.42 Å². The topological polar surface area (TPSA) is 0 Å². The number of hydrogen-bond acceptors (Lipinski definition) is 0. The molecule has 0 spiro atoms. The van der Waals surface area contributed by atoms with Gasteiger partial charge in [0.05, 0.1) is 0 Å². The summed E-state index contributed by atoms with van der Waals surface area (Å²) in [5.41, 5.74) is 9.01. The lowest BCUT2D eigenvalue weighted by molar-refractivity contribution is 0.498. The van der Waals surface area contributed by atoms with Crippen molar-refractivity contribution in [3.05, 3.63) is 88.5 Å². The number of fused-ring (bicyclic) bond motifs is 3. The minimum Gasteiger partial charge on any atom is -0.0758 e. The van der Waals surface area contributed by atoms with Crippen LogP contribution in [0.1, 0.15) is 49.8 Å². The van der Waals surface area contributed by atoms with Gasteiger partial charge in [-0.2, -0.15) is 0 Å². The van der Waals surface area contributed by atoms with Gasteiger partial charge in [0.1, 0.15) is 0 Å². The average molecular weight is 286 g/mol. The second-order valence-electron chi connectivity index (χ2n) is 7.21. The Bertz CT molecular complexity index is 788. The van der Waals surface area contributed by atoms with Crippen LogP contribution in [0.2, 0.25) is 0 Å². The van der Waals surface area contributed by atoms with E-state index in [1.807, 2.05) is 0 Å². The minimum atomic E-state index is 0.122. The van der Waals surface area contributed by atoms with Crippen LogP contribution in [-0.2, 0) is 0 Å². The van der Waals surface area contributed by atoms with E-state index < -0.39 is 0 Å². The molecule has 0 nitrogen and oxygen atoms in total. The maximum Gasteiger partial charge on any atom is 0.0109 e. The summed E-state index contributed by atoms with van der Waals surface area (Å²) in [4.78, 5) is 0. The Labute approximate surface area is 133 Å².